The third-order valence-corrected chi connectivity index (χ3v) is 4.21. The van der Waals surface area contributed by atoms with Crippen LogP contribution in [0.3, 0.4) is 0 Å². The minimum atomic E-state index is 0.690. The maximum Gasteiger partial charge on any atom is 0.0700 e. The molecule has 1 saturated carbocycles. The Kier molecular flexibility index (Phi) is 9.43. The Morgan fingerprint density at radius 3 is 2.63 bits per heavy atom. The highest BCUT2D eigenvalue weighted by molar-refractivity contribution is 4.83. The summed E-state index contributed by atoms with van der Waals surface area (Å²) in [6.45, 7) is 7.58. The Balaban J connectivity index is 2.23. The van der Waals surface area contributed by atoms with Crippen molar-refractivity contribution in [2.24, 2.45) is 11.7 Å². The number of rotatable bonds is 10. The fourth-order valence-corrected chi connectivity index (χ4v) is 3.12. The van der Waals surface area contributed by atoms with E-state index < -0.39 is 0 Å². The average molecular weight is 272 g/mol. The number of nitrogens with two attached hydrogens (primary N) is 1. The molecule has 0 saturated heterocycles. The van der Waals surface area contributed by atoms with Gasteiger partial charge in [-0.05, 0) is 38.3 Å². The van der Waals surface area contributed by atoms with Gasteiger partial charge in [0.05, 0.1) is 13.2 Å². The first-order chi connectivity index (χ1) is 9.33. The summed E-state index contributed by atoms with van der Waals surface area (Å²) < 4.78 is 10.5. The van der Waals surface area contributed by atoms with E-state index in [0.717, 1.165) is 32.7 Å². The molecule has 0 bridgehead atoms. The van der Waals surface area contributed by atoms with Crippen molar-refractivity contribution in [2.45, 2.75) is 45.1 Å². The first-order valence-electron chi connectivity index (χ1n) is 7.84. The molecule has 1 rings (SSSR count). The maximum atomic E-state index is 5.93. The summed E-state index contributed by atoms with van der Waals surface area (Å²) >= 11 is 0. The lowest BCUT2D eigenvalue weighted by Crippen LogP contribution is -2.45. The number of nitrogens with zero attached hydrogens (tertiary/aromatic N) is 1. The molecule has 114 valence electrons. The highest BCUT2D eigenvalue weighted by atomic mass is 16.5. The van der Waals surface area contributed by atoms with Crippen LogP contribution in [0.15, 0.2) is 0 Å². The van der Waals surface area contributed by atoms with Crippen LogP contribution in [0.4, 0.5) is 0 Å². The molecular formula is C15H32N2O2. The predicted molar refractivity (Wildman–Crippen MR) is 79.4 cm³/mol. The highest BCUT2D eigenvalue weighted by Crippen LogP contribution is 2.27. The second-order valence-electron chi connectivity index (χ2n) is 5.43. The number of hydrogen-bond acceptors (Lipinski definition) is 4. The fourth-order valence-electron chi connectivity index (χ4n) is 3.12. The standard InChI is InChI=1S/C15H32N2O2/c1-3-17(9-6-10-19-12-11-18-2)15-8-5-4-7-14(15)13-16/h14-15H,3-13,16H2,1-2H3. The molecule has 0 radical (unpaired) electrons. The summed E-state index contributed by atoms with van der Waals surface area (Å²) in [5.41, 5.74) is 5.93. The van der Waals surface area contributed by atoms with Crippen LogP contribution < -0.4 is 5.73 Å². The van der Waals surface area contributed by atoms with Crippen molar-refractivity contribution in [3.63, 3.8) is 0 Å². The highest BCUT2D eigenvalue weighted by Gasteiger charge is 2.27. The molecule has 2 atom stereocenters. The third kappa shape index (κ3) is 6.21. The molecule has 1 aliphatic carbocycles. The molecule has 1 aliphatic rings. The van der Waals surface area contributed by atoms with Gasteiger partial charge in [0.15, 0.2) is 0 Å². The molecule has 0 heterocycles. The molecule has 19 heavy (non-hydrogen) atoms. The molecule has 0 aliphatic heterocycles. The average Bonchev–Trinajstić information content (AvgIpc) is 2.47. The van der Waals surface area contributed by atoms with Gasteiger partial charge in [0, 0.05) is 26.3 Å². The van der Waals surface area contributed by atoms with Gasteiger partial charge >= 0.3 is 0 Å². The van der Waals surface area contributed by atoms with E-state index in [0.29, 0.717) is 25.2 Å². The predicted octanol–water partition coefficient (Wildman–Crippen LogP) is 1.88. The normalized spacial score (nSPS) is 24.0. The fraction of sp³-hybridized carbons (Fsp3) is 1.00. The number of methoxy groups -OCH3 is 1. The van der Waals surface area contributed by atoms with Crippen LogP contribution in [0.1, 0.15) is 39.0 Å². The minimum Gasteiger partial charge on any atom is -0.382 e. The van der Waals surface area contributed by atoms with Gasteiger partial charge in [0.1, 0.15) is 0 Å². The van der Waals surface area contributed by atoms with E-state index in [1.807, 2.05) is 0 Å². The number of ether oxygens (including phenoxy) is 2. The van der Waals surface area contributed by atoms with Crippen LogP contribution in [0, 0.1) is 5.92 Å². The Bertz CT molecular complexity index is 214. The van der Waals surface area contributed by atoms with Crippen molar-refractivity contribution in [1.29, 1.82) is 0 Å². The molecule has 1 fully saturated rings. The Hall–Kier alpha value is -0.160. The van der Waals surface area contributed by atoms with Gasteiger partial charge in [-0.2, -0.15) is 0 Å². The maximum absolute atomic E-state index is 5.93. The van der Waals surface area contributed by atoms with E-state index in [2.05, 4.69) is 11.8 Å². The van der Waals surface area contributed by atoms with E-state index in [9.17, 15) is 0 Å². The van der Waals surface area contributed by atoms with E-state index in [1.54, 1.807) is 7.11 Å². The van der Waals surface area contributed by atoms with Crippen molar-refractivity contribution in [2.75, 3.05) is 46.6 Å². The van der Waals surface area contributed by atoms with E-state index in [4.69, 9.17) is 15.2 Å². The lowest BCUT2D eigenvalue weighted by Gasteiger charge is -2.39. The molecule has 2 N–H and O–H groups in total. The smallest absolute Gasteiger partial charge is 0.0700 e. The van der Waals surface area contributed by atoms with E-state index in [-0.39, 0.29) is 0 Å². The van der Waals surface area contributed by atoms with Gasteiger partial charge in [-0.15, -0.1) is 0 Å². The molecule has 2 unspecified atom stereocenters. The van der Waals surface area contributed by atoms with Gasteiger partial charge in [-0.3, -0.25) is 0 Å². The summed E-state index contributed by atoms with van der Waals surface area (Å²) in [5.74, 6) is 0.697. The first kappa shape index (κ1) is 16.9. The molecule has 0 amide bonds. The zero-order valence-electron chi connectivity index (χ0n) is 12.8. The van der Waals surface area contributed by atoms with Crippen LogP contribution in [0.5, 0.6) is 0 Å². The van der Waals surface area contributed by atoms with Crippen molar-refractivity contribution in [1.82, 2.24) is 4.90 Å². The van der Waals surface area contributed by atoms with Crippen LogP contribution in [-0.4, -0.2) is 57.5 Å². The summed E-state index contributed by atoms with van der Waals surface area (Å²) in [6.07, 6.45) is 6.45. The lowest BCUT2D eigenvalue weighted by molar-refractivity contribution is 0.0560. The van der Waals surface area contributed by atoms with E-state index >= 15 is 0 Å². The van der Waals surface area contributed by atoms with E-state index in [1.165, 1.54) is 25.7 Å². The van der Waals surface area contributed by atoms with Crippen molar-refractivity contribution >= 4 is 0 Å². The van der Waals surface area contributed by atoms with Gasteiger partial charge in [0.25, 0.3) is 0 Å². The Morgan fingerprint density at radius 2 is 1.95 bits per heavy atom. The van der Waals surface area contributed by atoms with Crippen molar-refractivity contribution < 1.29 is 9.47 Å². The molecule has 0 spiro atoms. The minimum absolute atomic E-state index is 0.690. The largest absolute Gasteiger partial charge is 0.382 e. The van der Waals surface area contributed by atoms with Crippen LogP contribution in [-0.2, 0) is 9.47 Å². The quantitative estimate of drug-likeness (QED) is 0.617. The second-order valence-corrected chi connectivity index (χ2v) is 5.43. The Labute approximate surface area is 118 Å². The topological polar surface area (TPSA) is 47.7 Å². The summed E-state index contributed by atoms with van der Waals surface area (Å²) in [7, 11) is 1.71. The van der Waals surface area contributed by atoms with Crippen molar-refractivity contribution in [3.05, 3.63) is 0 Å². The van der Waals surface area contributed by atoms with Crippen molar-refractivity contribution in [3.8, 4) is 0 Å². The molecule has 4 nitrogen and oxygen atoms in total. The molecule has 0 aromatic heterocycles. The van der Waals surface area contributed by atoms with Crippen LogP contribution >= 0.6 is 0 Å². The molecule has 0 aromatic rings. The summed E-state index contributed by atoms with van der Waals surface area (Å²) in [5, 5.41) is 0. The number of hydrogen-bond donors (Lipinski definition) is 1. The third-order valence-electron chi connectivity index (χ3n) is 4.21. The Morgan fingerprint density at radius 1 is 1.16 bits per heavy atom. The SMILES string of the molecule is CCN(CCCOCCOC)C1CCCCC1CN. The van der Waals surface area contributed by atoms with Gasteiger partial charge < -0.3 is 20.1 Å². The van der Waals surface area contributed by atoms with Crippen LogP contribution in [0.25, 0.3) is 0 Å². The lowest BCUT2D eigenvalue weighted by atomic mass is 9.83. The molecular weight excluding hydrogens is 240 g/mol. The second kappa shape index (κ2) is 10.6. The monoisotopic (exact) mass is 272 g/mol. The summed E-state index contributed by atoms with van der Waals surface area (Å²) in [6, 6.07) is 0.697. The van der Waals surface area contributed by atoms with Crippen LogP contribution in [0.2, 0.25) is 0 Å². The zero-order chi connectivity index (χ0) is 13.9. The molecule has 0 aromatic carbocycles. The zero-order valence-corrected chi connectivity index (χ0v) is 12.8. The van der Waals surface area contributed by atoms with Gasteiger partial charge in [-0.25, -0.2) is 0 Å². The first-order valence-corrected chi connectivity index (χ1v) is 7.84. The van der Waals surface area contributed by atoms with Gasteiger partial charge in [0.2, 0.25) is 0 Å². The summed E-state index contributed by atoms with van der Waals surface area (Å²) in [4.78, 5) is 2.61. The molecule has 4 heteroatoms. The van der Waals surface area contributed by atoms with Gasteiger partial charge in [-0.1, -0.05) is 19.8 Å².